The van der Waals surface area contributed by atoms with Crippen molar-refractivity contribution in [3.05, 3.63) is 24.3 Å². The first-order valence-corrected chi connectivity index (χ1v) is 8.24. The molecular weight excluding hydrogens is 244 g/mol. The lowest BCUT2D eigenvalue weighted by Crippen LogP contribution is -2.31. The van der Waals surface area contributed by atoms with Crippen LogP contribution in [0.4, 0.5) is 11.4 Å². The molecule has 1 atom stereocenters. The lowest BCUT2D eigenvalue weighted by atomic mass is 9.75. The maximum Gasteiger partial charge on any atom is 0.0386 e. The molecule has 1 heterocycles. The van der Waals surface area contributed by atoms with E-state index >= 15 is 0 Å². The van der Waals surface area contributed by atoms with Crippen LogP contribution in [0.25, 0.3) is 0 Å². The number of nitrogens with one attached hydrogen (secondary N) is 1. The summed E-state index contributed by atoms with van der Waals surface area (Å²) in [6, 6.07) is 9.66. The van der Waals surface area contributed by atoms with Crippen LogP contribution in [-0.4, -0.2) is 19.1 Å². The van der Waals surface area contributed by atoms with Gasteiger partial charge in [0.25, 0.3) is 0 Å². The van der Waals surface area contributed by atoms with Gasteiger partial charge in [0.15, 0.2) is 0 Å². The smallest absolute Gasteiger partial charge is 0.0386 e. The van der Waals surface area contributed by atoms with Crippen LogP contribution >= 0.6 is 0 Å². The van der Waals surface area contributed by atoms with Crippen molar-refractivity contribution in [2.75, 3.05) is 23.3 Å². The monoisotopic (exact) mass is 272 g/mol. The van der Waals surface area contributed by atoms with Gasteiger partial charge in [-0.15, -0.1) is 0 Å². The molecule has 1 aromatic rings. The van der Waals surface area contributed by atoms with Crippen LogP contribution < -0.4 is 10.2 Å². The summed E-state index contributed by atoms with van der Waals surface area (Å²) >= 11 is 0. The topological polar surface area (TPSA) is 15.3 Å². The van der Waals surface area contributed by atoms with E-state index in [0.29, 0.717) is 11.5 Å². The quantitative estimate of drug-likeness (QED) is 0.860. The molecule has 0 bridgehead atoms. The molecule has 1 aliphatic heterocycles. The minimum atomic E-state index is 0.502. The first-order valence-electron chi connectivity index (χ1n) is 8.24. The van der Waals surface area contributed by atoms with E-state index in [2.05, 4.69) is 48.3 Å². The number of hydrogen-bond donors (Lipinski definition) is 1. The van der Waals surface area contributed by atoms with Crippen molar-refractivity contribution in [1.82, 2.24) is 0 Å². The lowest BCUT2D eigenvalue weighted by Gasteiger charge is -2.36. The molecule has 0 amide bonds. The van der Waals surface area contributed by atoms with Crippen molar-refractivity contribution >= 4 is 11.4 Å². The van der Waals surface area contributed by atoms with E-state index in [0.717, 1.165) is 0 Å². The molecule has 0 spiro atoms. The Bertz CT molecular complexity index is 446. The minimum absolute atomic E-state index is 0.502. The Hall–Kier alpha value is -1.18. The number of anilines is 2. The van der Waals surface area contributed by atoms with Crippen LogP contribution in [0, 0.1) is 5.41 Å². The van der Waals surface area contributed by atoms with Gasteiger partial charge < -0.3 is 10.2 Å². The number of benzene rings is 1. The highest BCUT2D eigenvalue weighted by molar-refractivity contribution is 5.58. The summed E-state index contributed by atoms with van der Waals surface area (Å²) in [6.45, 7) is 7.25. The molecule has 20 heavy (non-hydrogen) atoms. The van der Waals surface area contributed by atoms with Gasteiger partial charge in [0, 0.05) is 30.5 Å². The summed E-state index contributed by atoms with van der Waals surface area (Å²) in [7, 11) is 0. The highest BCUT2D eigenvalue weighted by Gasteiger charge is 2.27. The second kappa shape index (κ2) is 5.67. The van der Waals surface area contributed by atoms with Gasteiger partial charge in [0.05, 0.1) is 0 Å². The highest BCUT2D eigenvalue weighted by atomic mass is 15.1. The molecule has 2 heteroatoms. The first kappa shape index (κ1) is 13.8. The molecule has 0 radical (unpaired) electrons. The summed E-state index contributed by atoms with van der Waals surface area (Å²) in [6.07, 6.45) is 8.02. The fraction of sp³-hybridized carbons (Fsp3) is 0.667. The molecule has 1 saturated heterocycles. The Morgan fingerprint density at radius 3 is 2.70 bits per heavy atom. The van der Waals surface area contributed by atoms with Crippen molar-refractivity contribution in [3.63, 3.8) is 0 Å². The Kier molecular flexibility index (Phi) is 3.91. The van der Waals surface area contributed by atoms with Crippen molar-refractivity contribution in [2.45, 2.75) is 58.4 Å². The highest BCUT2D eigenvalue weighted by Crippen LogP contribution is 2.36. The molecule has 3 rings (SSSR count). The molecule has 0 aromatic heterocycles. The molecule has 2 nitrogen and oxygen atoms in total. The van der Waals surface area contributed by atoms with E-state index in [-0.39, 0.29) is 0 Å². The molecule has 1 unspecified atom stereocenters. The van der Waals surface area contributed by atoms with E-state index < -0.39 is 0 Å². The average Bonchev–Trinajstić information content (AvgIpc) is 2.91. The second-order valence-corrected chi connectivity index (χ2v) is 7.35. The third-order valence-corrected chi connectivity index (χ3v) is 4.89. The van der Waals surface area contributed by atoms with Crippen LogP contribution in [0.3, 0.4) is 0 Å². The van der Waals surface area contributed by atoms with E-state index in [9.17, 15) is 0 Å². The Morgan fingerprint density at radius 2 is 1.95 bits per heavy atom. The number of hydrogen-bond acceptors (Lipinski definition) is 2. The molecule has 110 valence electrons. The summed E-state index contributed by atoms with van der Waals surface area (Å²) in [4.78, 5) is 2.51. The van der Waals surface area contributed by atoms with Gasteiger partial charge >= 0.3 is 0 Å². The van der Waals surface area contributed by atoms with Crippen LogP contribution in [0.2, 0.25) is 0 Å². The van der Waals surface area contributed by atoms with E-state index in [1.54, 1.807) is 0 Å². The second-order valence-electron chi connectivity index (χ2n) is 7.35. The summed E-state index contributed by atoms with van der Waals surface area (Å²) in [5, 5.41) is 3.77. The zero-order valence-corrected chi connectivity index (χ0v) is 13.0. The maximum absolute atomic E-state index is 3.77. The maximum atomic E-state index is 3.77. The minimum Gasteiger partial charge on any atom is -0.382 e. The van der Waals surface area contributed by atoms with Crippen LogP contribution in [0.5, 0.6) is 0 Å². The number of rotatable bonds is 3. The summed E-state index contributed by atoms with van der Waals surface area (Å²) < 4.78 is 0. The van der Waals surface area contributed by atoms with Crippen LogP contribution in [0.1, 0.15) is 52.4 Å². The summed E-state index contributed by atoms with van der Waals surface area (Å²) in [5.74, 6) is 0. The van der Waals surface area contributed by atoms with Crippen LogP contribution in [0.15, 0.2) is 24.3 Å². The van der Waals surface area contributed by atoms with Gasteiger partial charge in [-0.25, -0.2) is 0 Å². The van der Waals surface area contributed by atoms with Gasteiger partial charge in [-0.2, -0.15) is 0 Å². The normalized spacial score (nSPS) is 25.7. The first-order chi connectivity index (χ1) is 9.62. The lowest BCUT2D eigenvalue weighted by molar-refractivity contribution is 0.229. The van der Waals surface area contributed by atoms with Crippen molar-refractivity contribution in [2.24, 2.45) is 5.41 Å². The Balaban J connectivity index is 1.66. The molecule has 2 fully saturated rings. The molecule has 1 saturated carbocycles. The van der Waals surface area contributed by atoms with Crippen molar-refractivity contribution in [1.29, 1.82) is 0 Å². The summed E-state index contributed by atoms with van der Waals surface area (Å²) in [5.41, 5.74) is 3.20. The fourth-order valence-electron chi connectivity index (χ4n) is 3.82. The van der Waals surface area contributed by atoms with Crippen molar-refractivity contribution < 1.29 is 0 Å². The molecule has 1 aliphatic carbocycles. The van der Waals surface area contributed by atoms with Gasteiger partial charge in [0.2, 0.25) is 0 Å². The molecule has 2 aliphatic rings. The van der Waals surface area contributed by atoms with Crippen LogP contribution in [-0.2, 0) is 0 Å². The number of nitrogens with zero attached hydrogens (tertiary/aromatic N) is 1. The van der Waals surface area contributed by atoms with Gasteiger partial charge in [-0.1, -0.05) is 26.3 Å². The zero-order valence-electron chi connectivity index (χ0n) is 13.0. The average molecular weight is 272 g/mol. The third kappa shape index (κ3) is 3.28. The molecule has 1 N–H and O–H groups in total. The zero-order chi connectivity index (χ0) is 14.0. The van der Waals surface area contributed by atoms with Gasteiger partial charge in [-0.05, 0) is 55.7 Å². The standard InChI is InChI=1S/C18H28N2/c1-18(2)10-6-8-16(14-18)19-15-7-5-9-17(13-15)20-11-3-4-12-20/h5,7,9,13,16,19H,3-4,6,8,10-12,14H2,1-2H3. The van der Waals surface area contributed by atoms with E-state index in [1.165, 1.54) is 63.0 Å². The predicted octanol–water partition coefficient (Wildman–Crippen LogP) is 4.67. The van der Waals surface area contributed by atoms with Gasteiger partial charge in [0.1, 0.15) is 0 Å². The molecular formula is C18H28N2. The molecule has 1 aromatic carbocycles. The Labute approximate surface area is 123 Å². The third-order valence-electron chi connectivity index (χ3n) is 4.89. The predicted molar refractivity (Wildman–Crippen MR) is 87.5 cm³/mol. The fourth-order valence-corrected chi connectivity index (χ4v) is 3.82. The van der Waals surface area contributed by atoms with E-state index in [4.69, 9.17) is 0 Å². The largest absolute Gasteiger partial charge is 0.382 e. The SMILES string of the molecule is CC1(C)CCCC(Nc2cccc(N3CCCC3)c2)C1. The van der Waals surface area contributed by atoms with Gasteiger partial charge in [-0.3, -0.25) is 0 Å². The van der Waals surface area contributed by atoms with Crippen molar-refractivity contribution in [3.8, 4) is 0 Å². The van der Waals surface area contributed by atoms with E-state index in [1.807, 2.05) is 0 Å². The Morgan fingerprint density at radius 1 is 1.15 bits per heavy atom.